The Hall–Kier alpha value is -0.730. The summed E-state index contributed by atoms with van der Waals surface area (Å²) in [6.45, 7) is 1.49. The maximum absolute atomic E-state index is 10.9. The Morgan fingerprint density at radius 3 is 2.62 bits per heavy atom. The van der Waals surface area contributed by atoms with Crippen molar-refractivity contribution in [3.8, 4) is 5.88 Å². The van der Waals surface area contributed by atoms with E-state index in [9.17, 15) is 13.2 Å². The van der Waals surface area contributed by atoms with Crippen LogP contribution >= 0.6 is 24.2 Å². The van der Waals surface area contributed by atoms with E-state index in [0.29, 0.717) is 0 Å². The molecule has 0 fully saturated rings. The van der Waals surface area contributed by atoms with Gasteiger partial charge in [-0.2, -0.15) is 8.42 Å². The highest BCUT2D eigenvalue weighted by atomic mass is 35.5. The molecule has 0 spiro atoms. The van der Waals surface area contributed by atoms with E-state index in [1.807, 2.05) is 0 Å². The van der Waals surface area contributed by atoms with Crippen LogP contribution in [0.2, 0.25) is 5.02 Å². The normalized spacial score (nSPS) is 13.5. The summed E-state index contributed by atoms with van der Waals surface area (Å²) in [5.74, 6) is -1.11. The van der Waals surface area contributed by atoms with Gasteiger partial charge in [0, 0.05) is 0 Å². The number of nitrogens with zero attached hydrogens (tertiary/aromatic N) is 1. The fourth-order valence-electron chi connectivity index (χ4n) is 0.853. The SMILES string of the molecule is CC(C(=O)S)c1onc(OS(C)(=O)=O)c1Cl. The summed E-state index contributed by atoms with van der Waals surface area (Å²) >= 11 is 9.34. The molecule has 90 valence electrons. The van der Waals surface area contributed by atoms with Crippen molar-refractivity contribution in [2.45, 2.75) is 12.8 Å². The Bertz CT molecular complexity index is 509. The third-order valence-electron chi connectivity index (χ3n) is 1.63. The van der Waals surface area contributed by atoms with Gasteiger partial charge in [-0.1, -0.05) is 11.6 Å². The largest absolute Gasteiger partial charge is 0.357 e. The molecule has 0 N–H and O–H groups in total. The summed E-state index contributed by atoms with van der Waals surface area (Å²) < 4.78 is 30.8. The van der Waals surface area contributed by atoms with Crippen LogP contribution in [-0.4, -0.2) is 24.9 Å². The monoisotopic (exact) mass is 285 g/mol. The molecule has 1 rings (SSSR count). The minimum absolute atomic E-state index is 0.0142. The molecule has 0 amide bonds. The lowest BCUT2D eigenvalue weighted by Gasteiger charge is -2.01. The molecule has 1 heterocycles. The van der Waals surface area contributed by atoms with Gasteiger partial charge in [0.2, 0.25) is 0 Å². The summed E-state index contributed by atoms with van der Waals surface area (Å²) in [6, 6.07) is 0. The van der Waals surface area contributed by atoms with E-state index in [0.717, 1.165) is 6.26 Å². The van der Waals surface area contributed by atoms with Crippen LogP contribution < -0.4 is 4.18 Å². The van der Waals surface area contributed by atoms with Crippen molar-refractivity contribution in [3.63, 3.8) is 0 Å². The van der Waals surface area contributed by atoms with E-state index in [2.05, 4.69) is 22.0 Å². The second-order valence-corrected chi connectivity index (χ2v) is 5.41. The van der Waals surface area contributed by atoms with E-state index in [1.54, 1.807) is 0 Å². The van der Waals surface area contributed by atoms with Gasteiger partial charge in [0.05, 0.1) is 12.2 Å². The smallest absolute Gasteiger partial charge is 0.307 e. The number of carbonyl (C=O) groups excluding carboxylic acids is 1. The molecule has 1 aromatic rings. The molecule has 0 bridgehead atoms. The predicted molar refractivity (Wildman–Crippen MR) is 59.4 cm³/mol. The maximum Gasteiger partial charge on any atom is 0.307 e. The molecule has 1 unspecified atom stereocenters. The molecule has 0 aliphatic heterocycles. The Morgan fingerprint density at radius 1 is 1.62 bits per heavy atom. The first kappa shape index (κ1) is 13.3. The zero-order valence-corrected chi connectivity index (χ0v) is 10.8. The first-order valence-electron chi connectivity index (χ1n) is 3.99. The van der Waals surface area contributed by atoms with Crippen LogP contribution in [-0.2, 0) is 14.9 Å². The molecule has 1 aromatic heterocycles. The van der Waals surface area contributed by atoms with E-state index in [1.165, 1.54) is 6.92 Å². The lowest BCUT2D eigenvalue weighted by molar-refractivity contribution is -0.112. The molecule has 16 heavy (non-hydrogen) atoms. The Kier molecular flexibility index (Phi) is 3.87. The molecule has 0 aliphatic carbocycles. The van der Waals surface area contributed by atoms with Gasteiger partial charge in [-0.25, -0.2) is 0 Å². The summed E-state index contributed by atoms with van der Waals surface area (Å²) in [4.78, 5) is 10.9. The summed E-state index contributed by atoms with van der Waals surface area (Å²) in [5.41, 5.74) is 0. The first-order chi connectivity index (χ1) is 7.22. The molecule has 0 saturated heterocycles. The number of hydrogen-bond acceptors (Lipinski definition) is 6. The van der Waals surface area contributed by atoms with E-state index in [4.69, 9.17) is 16.1 Å². The zero-order chi connectivity index (χ0) is 12.5. The lowest BCUT2D eigenvalue weighted by Crippen LogP contribution is -2.06. The van der Waals surface area contributed by atoms with Crippen molar-refractivity contribution in [2.75, 3.05) is 6.26 Å². The highest BCUT2D eigenvalue weighted by molar-refractivity contribution is 7.96. The van der Waals surface area contributed by atoms with Crippen LogP contribution in [0.1, 0.15) is 18.6 Å². The summed E-state index contributed by atoms with van der Waals surface area (Å²) in [7, 11) is -3.74. The number of hydrogen-bond donors (Lipinski definition) is 1. The fraction of sp³-hybridized carbons (Fsp3) is 0.429. The number of halogens is 1. The molecular weight excluding hydrogens is 278 g/mol. The predicted octanol–water partition coefficient (Wildman–Crippen LogP) is 1.23. The van der Waals surface area contributed by atoms with Crippen molar-refractivity contribution in [1.82, 2.24) is 5.16 Å². The standard InChI is InChI=1S/C7H8ClNO5S2/c1-3(7(10)15)5-4(8)6(9-13-5)14-16(2,11)12/h3H,1-2H3,(H,10,15). The highest BCUT2D eigenvalue weighted by Gasteiger charge is 2.25. The Labute approximate surface area is 102 Å². The van der Waals surface area contributed by atoms with Crippen LogP contribution in [0.4, 0.5) is 0 Å². The van der Waals surface area contributed by atoms with Crippen LogP contribution in [0, 0.1) is 0 Å². The van der Waals surface area contributed by atoms with E-state index in [-0.39, 0.29) is 16.7 Å². The van der Waals surface area contributed by atoms with Crippen molar-refractivity contribution in [1.29, 1.82) is 0 Å². The number of carbonyl (C=O) groups is 1. The molecule has 0 aliphatic rings. The molecule has 0 radical (unpaired) electrons. The zero-order valence-electron chi connectivity index (χ0n) is 8.30. The van der Waals surface area contributed by atoms with Gasteiger partial charge < -0.3 is 8.71 Å². The number of aromatic nitrogens is 1. The molecular formula is C7H8ClNO5S2. The molecule has 0 aromatic carbocycles. The second-order valence-electron chi connectivity index (χ2n) is 3.01. The van der Waals surface area contributed by atoms with E-state index < -0.39 is 21.2 Å². The summed E-state index contributed by atoms with van der Waals surface area (Å²) in [6.07, 6.45) is 0.838. The van der Waals surface area contributed by atoms with Gasteiger partial charge in [-0.15, -0.1) is 12.6 Å². The second kappa shape index (κ2) is 4.64. The van der Waals surface area contributed by atoms with Gasteiger partial charge in [-0.05, 0) is 12.1 Å². The quantitative estimate of drug-likeness (QED) is 0.661. The molecule has 9 heteroatoms. The third kappa shape index (κ3) is 3.13. The highest BCUT2D eigenvalue weighted by Crippen LogP contribution is 2.33. The van der Waals surface area contributed by atoms with Crippen molar-refractivity contribution in [3.05, 3.63) is 10.8 Å². The number of rotatable bonds is 4. The summed E-state index contributed by atoms with van der Waals surface area (Å²) in [5, 5.41) is 2.68. The molecule has 0 saturated carbocycles. The average molecular weight is 286 g/mol. The fourth-order valence-corrected chi connectivity index (χ4v) is 1.69. The van der Waals surface area contributed by atoms with Gasteiger partial charge in [0.15, 0.2) is 10.9 Å². The van der Waals surface area contributed by atoms with Crippen LogP contribution in [0.15, 0.2) is 4.52 Å². The van der Waals surface area contributed by atoms with E-state index >= 15 is 0 Å². The Balaban J connectivity index is 3.06. The van der Waals surface area contributed by atoms with Crippen LogP contribution in [0.25, 0.3) is 0 Å². The lowest BCUT2D eigenvalue weighted by atomic mass is 10.1. The Morgan fingerprint density at radius 2 is 2.19 bits per heavy atom. The van der Waals surface area contributed by atoms with Crippen LogP contribution in [0.5, 0.6) is 5.88 Å². The minimum atomic E-state index is -3.74. The minimum Gasteiger partial charge on any atom is -0.357 e. The van der Waals surface area contributed by atoms with Crippen molar-refractivity contribution >= 4 is 39.5 Å². The van der Waals surface area contributed by atoms with Gasteiger partial charge in [-0.3, -0.25) is 4.79 Å². The molecule has 1 atom stereocenters. The maximum atomic E-state index is 10.9. The van der Waals surface area contributed by atoms with Gasteiger partial charge in [0.25, 0.3) is 5.88 Å². The number of thiol groups is 1. The third-order valence-corrected chi connectivity index (χ3v) is 2.82. The first-order valence-corrected chi connectivity index (χ1v) is 6.64. The van der Waals surface area contributed by atoms with Crippen molar-refractivity contribution in [2.24, 2.45) is 0 Å². The van der Waals surface area contributed by atoms with Gasteiger partial charge >= 0.3 is 10.1 Å². The van der Waals surface area contributed by atoms with Crippen LogP contribution in [0.3, 0.4) is 0 Å². The average Bonchev–Trinajstić information content (AvgIpc) is 2.44. The van der Waals surface area contributed by atoms with Gasteiger partial charge in [0.1, 0.15) is 5.02 Å². The molecule has 6 nitrogen and oxygen atoms in total. The van der Waals surface area contributed by atoms with Crippen molar-refractivity contribution < 1.29 is 21.9 Å². The topological polar surface area (TPSA) is 86.5 Å².